The van der Waals surface area contributed by atoms with Gasteiger partial charge in [-0.25, -0.2) is 4.79 Å². The normalized spacial score (nSPS) is 19.6. The molecule has 7 nitrogen and oxygen atoms in total. The van der Waals surface area contributed by atoms with E-state index in [9.17, 15) is 9.59 Å². The Hall–Kier alpha value is -3.74. The van der Waals surface area contributed by atoms with Crippen LogP contribution in [0.1, 0.15) is 49.2 Å². The van der Waals surface area contributed by atoms with Crippen LogP contribution in [0.2, 0.25) is 0 Å². The number of methoxy groups -OCH3 is 1. The first-order chi connectivity index (χ1) is 15.8. The van der Waals surface area contributed by atoms with Gasteiger partial charge in [-0.3, -0.25) is 9.36 Å². The minimum absolute atomic E-state index is 0.159. The standard InChI is InChI=1S/C26H25NO6/c1-26(2,3)33-25(29)27-13-16(15-8-5-6-9-18(15)27)21-12-22-17(14-31-21)24(28)23-19(30-4)10-7-11-20(23)32-22/h5-11,13-14,21-22H,12H2,1-4H3. The summed E-state index contributed by atoms with van der Waals surface area (Å²) in [6.07, 6.45) is 2.35. The number of para-hydroxylation sites is 1. The molecule has 3 aromatic rings. The second kappa shape index (κ2) is 7.69. The molecule has 2 atom stereocenters. The summed E-state index contributed by atoms with van der Waals surface area (Å²) in [6, 6.07) is 12.9. The average molecular weight is 447 g/mol. The Morgan fingerprint density at radius 3 is 2.64 bits per heavy atom. The molecule has 0 aliphatic carbocycles. The van der Waals surface area contributed by atoms with Crippen molar-refractivity contribution in [3.05, 3.63) is 71.6 Å². The predicted octanol–water partition coefficient (Wildman–Crippen LogP) is 5.42. The first kappa shape index (κ1) is 21.1. The number of ether oxygens (including phenoxy) is 4. The summed E-state index contributed by atoms with van der Waals surface area (Å²) in [5, 5.41) is 0.884. The van der Waals surface area contributed by atoms with Crippen LogP contribution in [-0.4, -0.2) is 35.3 Å². The Morgan fingerprint density at radius 1 is 1.09 bits per heavy atom. The molecule has 5 rings (SSSR count). The number of rotatable bonds is 2. The zero-order chi connectivity index (χ0) is 23.3. The van der Waals surface area contributed by atoms with Crippen LogP contribution in [0.15, 0.2) is 60.5 Å². The Morgan fingerprint density at radius 2 is 1.88 bits per heavy atom. The molecule has 0 amide bonds. The van der Waals surface area contributed by atoms with Crippen molar-refractivity contribution in [2.45, 2.75) is 45.0 Å². The van der Waals surface area contributed by atoms with E-state index in [1.165, 1.54) is 17.9 Å². The van der Waals surface area contributed by atoms with Crippen LogP contribution in [0.3, 0.4) is 0 Å². The highest BCUT2D eigenvalue weighted by Crippen LogP contribution is 2.43. The lowest BCUT2D eigenvalue weighted by Gasteiger charge is -2.34. The van der Waals surface area contributed by atoms with Gasteiger partial charge in [-0.2, -0.15) is 0 Å². The summed E-state index contributed by atoms with van der Waals surface area (Å²) in [5.74, 6) is 0.811. The summed E-state index contributed by atoms with van der Waals surface area (Å²) in [6.45, 7) is 5.50. The lowest BCUT2D eigenvalue weighted by Crippen LogP contribution is -2.35. The quantitative estimate of drug-likeness (QED) is 0.522. The molecule has 170 valence electrons. The maximum absolute atomic E-state index is 13.1. The minimum Gasteiger partial charge on any atom is -0.496 e. The van der Waals surface area contributed by atoms with Crippen molar-refractivity contribution in [2.24, 2.45) is 0 Å². The molecule has 3 heterocycles. The number of carbonyl (C=O) groups excluding carboxylic acids is 2. The summed E-state index contributed by atoms with van der Waals surface area (Å²) >= 11 is 0. The molecule has 33 heavy (non-hydrogen) atoms. The first-order valence-electron chi connectivity index (χ1n) is 10.8. The molecule has 2 aliphatic heterocycles. The molecule has 0 fully saturated rings. The molecule has 1 aromatic heterocycles. The summed E-state index contributed by atoms with van der Waals surface area (Å²) in [4.78, 5) is 26.0. The lowest BCUT2D eigenvalue weighted by atomic mass is 9.89. The smallest absolute Gasteiger partial charge is 0.419 e. The molecule has 0 bridgehead atoms. The topological polar surface area (TPSA) is 76.0 Å². The summed E-state index contributed by atoms with van der Waals surface area (Å²) in [5.41, 5.74) is 1.81. The van der Waals surface area contributed by atoms with Gasteiger partial charge in [0.05, 0.1) is 24.5 Å². The molecule has 0 spiro atoms. The van der Waals surface area contributed by atoms with E-state index in [-0.39, 0.29) is 5.78 Å². The Kier molecular flexibility index (Phi) is 4.92. The molecule has 0 saturated heterocycles. The van der Waals surface area contributed by atoms with Crippen molar-refractivity contribution in [1.82, 2.24) is 4.57 Å². The van der Waals surface area contributed by atoms with Gasteiger partial charge < -0.3 is 18.9 Å². The summed E-state index contributed by atoms with van der Waals surface area (Å²) in [7, 11) is 1.52. The molecule has 2 aliphatic rings. The molecular formula is C26H25NO6. The van der Waals surface area contributed by atoms with E-state index in [0.717, 1.165) is 16.5 Å². The molecule has 2 aromatic carbocycles. The molecular weight excluding hydrogens is 422 g/mol. The molecule has 2 unspecified atom stereocenters. The van der Waals surface area contributed by atoms with Crippen LogP contribution in [0.5, 0.6) is 11.5 Å². The van der Waals surface area contributed by atoms with Gasteiger partial charge in [-0.15, -0.1) is 0 Å². The molecule has 0 radical (unpaired) electrons. The highest BCUT2D eigenvalue weighted by Gasteiger charge is 2.40. The fraction of sp³-hybridized carbons (Fsp3) is 0.308. The summed E-state index contributed by atoms with van der Waals surface area (Å²) < 4.78 is 24.6. The Bertz CT molecular complexity index is 1300. The third kappa shape index (κ3) is 3.63. The van der Waals surface area contributed by atoms with Gasteiger partial charge in [-0.1, -0.05) is 24.3 Å². The van der Waals surface area contributed by atoms with Crippen molar-refractivity contribution >= 4 is 22.8 Å². The average Bonchev–Trinajstić information content (AvgIpc) is 3.17. The number of ketones is 1. The van der Waals surface area contributed by atoms with E-state index in [4.69, 9.17) is 18.9 Å². The number of fused-ring (bicyclic) bond motifs is 3. The monoisotopic (exact) mass is 447 g/mol. The zero-order valence-electron chi connectivity index (χ0n) is 19.0. The molecule has 0 N–H and O–H groups in total. The van der Waals surface area contributed by atoms with Crippen LogP contribution in [-0.2, 0) is 9.47 Å². The van der Waals surface area contributed by atoms with E-state index in [1.807, 2.05) is 45.0 Å². The Balaban J connectivity index is 1.50. The third-order valence-corrected chi connectivity index (χ3v) is 5.78. The number of hydrogen-bond donors (Lipinski definition) is 0. The van der Waals surface area contributed by atoms with Gasteiger partial charge in [0.2, 0.25) is 5.78 Å². The maximum atomic E-state index is 13.1. The van der Waals surface area contributed by atoms with Crippen LogP contribution < -0.4 is 9.47 Å². The van der Waals surface area contributed by atoms with Gasteiger partial charge in [0.1, 0.15) is 34.9 Å². The zero-order valence-corrected chi connectivity index (χ0v) is 19.0. The van der Waals surface area contributed by atoms with Crippen molar-refractivity contribution < 1.29 is 28.5 Å². The SMILES string of the molecule is COc1cccc2c1C(=O)C1=COC(c3cn(C(=O)OC(C)(C)C)c4ccccc34)CC1O2. The molecule has 7 heteroatoms. The highest BCUT2D eigenvalue weighted by molar-refractivity contribution is 6.14. The molecule has 0 saturated carbocycles. The van der Waals surface area contributed by atoms with Gasteiger partial charge >= 0.3 is 6.09 Å². The van der Waals surface area contributed by atoms with E-state index in [2.05, 4.69) is 0 Å². The van der Waals surface area contributed by atoms with Crippen molar-refractivity contribution in [3.63, 3.8) is 0 Å². The van der Waals surface area contributed by atoms with Crippen LogP contribution >= 0.6 is 0 Å². The van der Waals surface area contributed by atoms with Crippen molar-refractivity contribution in [3.8, 4) is 11.5 Å². The van der Waals surface area contributed by atoms with E-state index >= 15 is 0 Å². The maximum Gasteiger partial charge on any atom is 0.419 e. The highest BCUT2D eigenvalue weighted by atomic mass is 16.6. The largest absolute Gasteiger partial charge is 0.496 e. The first-order valence-corrected chi connectivity index (χ1v) is 10.8. The predicted molar refractivity (Wildman–Crippen MR) is 122 cm³/mol. The van der Waals surface area contributed by atoms with Gasteiger partial charge in [0, 0.05) is 23.6 Å². The van der Waals surface area contributed by atoms with Gasteiger partial charge in [0.25, 0.3) is 0 Å². The van der Waals surface area contributed by atoms with Gasteiger partial charge in [-0.05, 0) is 39.0 Å². The Labute approximate surface area is 191 Å². The third-order valence-electron chi connectivity index (χ3n) is 5.78. The van der Waals surface area contributed by atoms with E-state index in [0.29, 0.717) is 29.1 Å². The van der Waals surface area contributed by atoms with Crippen LogP contribution in [0.25, 0.3) is 10.9 Å². The van der Waals surface area contributed by atoms with Crippen LogP contribution in [0, 0.1) is 0 Å². The number of aromatic nitrogens is 1. The van der Waals surface area contributed by atoms with Crippen LogP contribution in [0.4, 0.5) is 4.79 Å². The second-order valence-corrected chi connectivity index (χ2v) is 9.15. The number of hydrogen-bond acceptors (Lipinski definition) is 6. The van der Waals surface area contributed by atoms with E-state index < -0.39 is 23.9 Å². The second-order valence-electron chi connectivity index (χ2n) is 9.15. The van der Waals surface area contributed by atoms with Gasteiger partial charge in [0.15, 0.2) is 0 Å². The minimum atomic E-state index is -0.619. The van der Waals surface area contributed by atoms with Crippen molar-refractivity contribution in [2.75, 3.05) is 7.11 Å². The number of nitrogens with zero attached hydrogens (tertiary/aromatic N) is 1. The number of Topliss-reactive ketones (excluding diaryl/α,β-unsaturated/α-hetero) is 1. The van der Waals surface area contributed by atoms with E-state index in [1.54, 1.807) is 24.4 Å². The van der Waals surface area contributed by atoms with Crippen molar-refractivity contribution in [1.29, 1.82) is 0 Å². The fourth-order valence-corrected chi connectivity index (χ4v) is 4.35. The number of carbonyl (C=O) groups is 2. The lowest BCUT2D eigenvalue weighted by molar-refractivity contribution is 0.0530. The fourth-order valence-electron chi connectivity index (χ4n) is 4.35. The number of benzene rings is 2.